The zero-order valence-electron chi connectivity index (χ0n) is 21.0. The van der Waals surface area contributed by atoms with Crippen molar-refractivity contribution in [3.63, 3.8) is 0 Å². The predicted octanol–water partition coefficient (Wildman–Crippen LogP) is 2.09. The number of nitrogens with zero attached hydrogens (tertiary/aromatic N) is 1. The number of hydrogen-bond acceptors (Lipinski definition) is 6. The fraction of sp³-hybridized carbons (Fsp3) is 0.654. The van der Waals surface area contributed by atoms with Crippen molar-refractivity contribution in [3.8, 4) is 5.75 Å². The second kappa shape index (κ2) is 9.78. The number of carbonyl (C=O) groups is 3. The number of amides is 3. The molecule has 1 spiro atoms. The van der Waals surface area contributed by atoms with Gasteiger partial charge in [-0.3, -0.25) is 14.4 Å². The first-order valence-electron chi connectivity index (χ1n) is 12.7. The highest BCUT2D eigenvalue weighted by Gasteiger charge is 2.79. The van der Waals surface area contributed by atoms with Crippen LogP contribution in [0.3, 0.4) is 0 Å². The van der Waals surface area contributed by atoms with Gasteiger partial charge in [0.1, 0.15) is 17.4 Å². The second-order valence-corrected chi connectivity index (χ2v) is 9.83. The average molecular weight is 488 g/mol. The zero-order valence-corrected chi connectivity index (χ0v) is 21.0. The number of likely N-dealkylation sites (tertiary alicyclic amines) is 1. The molecule has 3 fully saturated rings. The lowest BCUT2D eigenvalue weighted by Gasteiger charge is -2.37. The van der Waals surface area contributed by atoms with E-state index in [0.29, 0.717) is 43.7 Å². The topological polar surface area (TPSA) is 117 Å². The van der Waals surface area contributed by atoms with Crippen LogP contribution in [0.4, 0.5) is 5.69 Å². The number of nitrogens with one attached hydrogen (secondary N) is 2. The molecule has 3 heterocycles. The summed E-state index contributed by atoms with van der Waals surface area (Å²) in [4.78, 5) is 42.7. The van der Waals surface area contributed by atoms with Gasteiger partial charge in [-0.1, -0.05) is 20.8 Å². The largest absolute Gasteiger partial charge is 0.497 e. The van der Waals surface area contributed by atoms with Crippen molar-refractivity contribution in [2.24, 2.45) is 11.8 Å². The number of hydrogen-bond donors (Lipinski definition) is 3. The Morgan fingerprint density at radius 2 is 1.91 bits per heavy atom. The Balaban J connectivity index is 1.74. The Kier molecular flexibility index (Phi) is 7.11. The van der Waals surface area contributed by atoms with E-state index in [-0.39, 0.29) is 24.3 Å². The summed E-state index contributed by atoms with van der Waals surface area (Å²) in [5, 5.41) is 16.0. The number of fused-ring (bicyclic) bond motifs is 1. The van der Waals surface area contributed by atoms with Crippen LogP contribution in [0.5, 0.6) is 5.75 Å². The second-order valence-electron chi connectivity index (χ2n) is 9.83. The minimum absolute atomic E-state index is 0.193. The Labute approximate surface area is 206 Å². The maximum Gasteiger partial charge on any atom is 0.250 e. The van der Waals surface area contributed by atoms with Crippen molar-refractivity contribution < 1.29 is 29.0 Å². The number of benzene rings is 1. The van der Waals surface area contributed by atoms with E-state index < -0.39 is 35.1 Å². The van der Waals surface area contributed by atoms with Gasteiger partial charge in [-0.05, 0) is 56.4 Å². The fourth-order valence-corrected chi connectivity index (χ4v) is 6.40. The number of ether oxygens (including phenoxy) is 2. The first-order chi connectivity index (χ1) is 16.8. The third kappa shape index (κ3) is 3.89. The van der Waals surface area contributed by atoms with Crippen molar-refractivity contribution in [2.45, 2.75) is 76.2 Å². The van der Waals surface area contributed by atoms with E-state index in [0.717, 1.165) is 6.42 Å². The Bertz CT molecular complexity index is 964. The fourth-order valence-electron chi connectivity index (χ4n) is 6.40. The molecule has 35 heavy (non-hydrogen) atoms. The number of anilines is 1. The van der Waals surface area contributed by atoms with Gasteiger partial charge >= 0.3 is 0 Å². The third-order valence-electron chi connectivity index (χ3n) is 8.13. The lowest BCUT2D eigenvalue weighted by atomic mass is 9.65. The zero-order chi connectivity index (χ0) is 25.4. The lowest BCUT2D eigenvalue weighted by molar-refractivity contribution is -0.149. The number of rotatable bonds is 10. The summed E-state index contributed by atoms with van der Waals surface area (Å²) >= 11 is 0. The van der Waals surface area contributed by atoms with Crippen LogP contribution in [0.1, 0.15) is 52.9 Å². The van der Waals surface area contributed by atoms with Crippen molar-refractivity contribution in [1.29, 1.82) is 0 Å². The van der Waals surface area contributed by atoms with Crippen LogP contribution in [0.25, 0.3) is 0 Å². The molecule has 0 radical (unpaired) electrons. The van der Waals surface area contributed by atoms with E-state index in [4.69, 9.17) is 9.47 Å². The van der Waals surface area contributed by atoms with Gasteiger partial charge in [0, 0.05) is 12.2 Å². The van der Waals surface area contributed by atoms with E-state index in [1.54, 1.807) is 31.4 Å². The van der Waals surface area contributed by atoms with E-state index in [1.165, 1.54) is 4.90 Å². The molecule has 1 aromatic rings. The van der Waals surface area contributed by atoms with E-state index in [9.17, 15) is 19.5 Å². The average Bonchev–Trinajstić information content (AvgIpc) is 3.48. The van der Waals surface area contributed by atoms with Gasteiger partial charge in [-0.2, -0.15) is 0 Å². The molecule has 0 saturated carbocycles. The smallest absolute Gasteiger partial charge is 0.250 e. The molecular weight excluding hydrogens is 450 g/mol. The lowest BCUT2D eigenvalue weighted by Crippen LogP contribution is -2.56. The highest BCUT2D eigenvalue weighted by molar-refractivity contribution is 6.04. The molecular formula is C26H37N3O6. The number of aliphatic hydroxyl groups is 1. The summed E-state index contributed by atoms with van der Waals surface area (Å²) in [7, 11) is 1.57. The van der Waals surface area contributed by atoms with Gasteiger partial charge in [0.15, 0.2) is 0 Å². The highest BCUT2D eigenvalue weighted by Crippen LogP contribution is 2.64. The maximum atomic E-state index is 14.0. The molecule has 0 aromatic heterocycles. The summed E-state index contributed by atoms with van der Waals surface area (Å²) in [6, 6.07) is 5.46. The van der Waals surface area contributed by atoms with Gasteiger partial charge in [-0.25, -0.2) is 0 Å². The molecule has 3 N–H and O–H groups in total. The molecule has 192 valence electrons. The monoisotopic (exact) mass is 487 g/mol. The summed E-state index contributed by atoms with van der Waals surface area (Å²) in [6.07, 6.45) is 2.95. The SMILES string of the molecule is CCCNC(=O)[C@H]1[C@H]2C(=O)N([C@@H](CC)CO)C(C(=O)Nc3ccc(OC)cc3)C23CC[C@]1(CC)O3. The van der Waals surface area contributed by atoms with Crippen LogP contribution in [-0.2, 0) is 19.1 Å². The Hall–Kier alpha value is -2.65. The van der Waals surface area contributed by atoms with Crippen LogP contribution >= 0.6 is 0 Å². The molecule has 2 bridgehead atoms. The van der Waals surface area contributed by atoms with E-state index >= 15 is 0 Å². The molecule has 3 saturated heterocycles. The summed E-state index contributed by atoms with van der Waals surface area (Å²) < 4.78 is 11.9. The first-order valence-corrected chi connectivity index (χ1v) is 12.7. The number of methoxy groups -OCH3 is 1. The van der Waals surface area contributed by atoms with Crippen molar-refractivity contribution >= 4 is 23.4 Å². The summed E-state index contributed by atoms with van der Waals surface area (Å²) in [6.45, 7) is 6.06. The van der Waals surface area contributed by atoms with Crippen LogP contribution in [0.2, 0.25) is 0 Å². The molecule has 1 aromatic carbocycles. The van der Waals surface area contributed by atoms with Crippen molar-refractivity contribution in [2.75, 3.05) is 25.6 Å². The minimum atomic E-state index is -1.11. The molecule has 0 aliphatic carbocycles. The number of aliphatic hydroxyl groups excluding tert-OH is 1. The summed E-state index contributed by atoms with van der Waals surface area (Å²) in [5.41, 5.74) is -1.32. The molecule has 3 aliphatic heterocycles. The predicted molar refractivity (Wildman–Crippen MR) is 130 cm³/mol. The third-order valence-corrected chi connectivity index (χ3v) is 8.13. The van der Waals surface area contributed by atoms with Gasteiger partial charge in [-0.15, -0.1) is 0 Å². The summed E-state index contributed by atoms with van der Waals surface area (Å²) in [5.74, 6) is -1.62. The van der Waals surface area contributed by atoms with E-state index in [2.05, 4.69) is 10.6 Å². The van der Waals surface area contributed by atoms with Crippen LogP contribution < -0.4 is 15.4 Å². The molecule has 6 atom stereocenters. The molecule has 9 heteroatoms. The molecule has 3 amide bonds. The van der Waals surface area contributed by atoms with Gasteiger partial charge in [0.25, 0.3) is 0 Å². The Morgan fingerprint density at radius 1 is 1.20 bits per heavy atom. The van der Waals surface area contributed by atoms with Crippen molar-refractivity contribution in [3.05, 3.63) is 24.3 Å². The van der Waals surface area contributed by atoms with Crippen LogP contribution in [0, 0.1) is 11.8 Å². The minimum Gasteiger partial charge on any atom is -0.497 e. The van der Waals surface area contributed by atoms with Crippen LogP contribution in [-0.4, -0.2) is 71.3 Å². The quantitative estimate of drug-likeness (QED) is 0.465. The maximum absolute atomic E-state index is 14.0. The highest BCUT2D eigenvalue weighted by atomic mass is 16.5. The van der Waals surface area contributed by atoms with Crippen molar-refractivity contribution in [1.82, 2.24) is 10.2 Å². The molecule has 2 unspecified atom stereocenters. The normalized spacial score (nSPS) is 31.9. The number of carbonyl (C=O) groups excluding carboxylic acids is 3. The van der Waals surface area contributed by atoms with Gasteiger partial charge in [0.2, 0.25) is 17.7 Å². The first kappa shape index (κ1) is 25.4. The van der Waals surface area contributed by atoms with Crippen LogP contribution in [0.15, 0.2) is 24.3 Å². The standard InChI is InChI=1S/C26H37N3O6/c1-5-14-27-22(31)19-20-24(33)29(17(6-2)15-30)21(26(20)13-12-25(19,7-3)35-26)23(32)28-16-8-10-18(34-4)11-9-16/h8-11,17,19-21,30H,5-7,12-15H2,1-4H3,(H,27,31)(H,28,32)/t17-,19+,20-,21?,25-,26?/m0/s1. The van der Waals surface area contributed by atoms with E-state index in [1.807, 2.05) is 20.8 Å². The Morgan fingerprint density at radius 3 is 2.49 bits per heavy atom. The molecule has 4 rings (SSSR count). The molecule has 3 aliphatic rings. The van der Waals surface area contributed by atoms with Gasteiger partial charge < -0.3 is 30.1 Å². The van der Waals surface area contributed by atoms with Gasteiger partial charge in [0.05, 0.1) is 37.2 Å². The molecule has 9 nitrogen and oxygen atoms in total.